The van der Waals surface area contributed by atoms with E-state index in [0.717, 1.165) is 6.07 Å². The summed E-state index contributed by atoms with van der Waals surface area (Å²) in [7, 11) is 1.36. The molecular formula is C14H11FO4. The van der Waals surface area contributed by atoms with Gasteiger partial charge in [-0.1, -0.05) is 6.07 Å². The van der Waals surface area contributed by atoms with E-state index in [4.69, 9.17) is 9.84 Å². The number of ether oxygens (including phenoxy) is 1. The number of phenols is 1. The molecule has 0 spiro atoms. The van der Waals surface area contributed by atoms with Crippen molar-refractivity contribution in [3.8, 4) is 22.6 Å². The van der Waals surface area contributed by atoms with Crippen molar-refractivity contribution in [1.82, 2.24) is 0 Å². The molecule has 0 fully saturated rings. The van der Waals surface area contributed by atoms with E-state index in [9.17, 15) is 14.3 Å². The smallest absolute Gasteiger partial charge is 0.335 e. The number of rotatable bonds is 3. The van der Waals surface area contributed by atoms with Crippen LogP contribution in [0.15, 0.2) is 36.4 Å². The van der Waals surface area contributed by atoms with Gasteiger partial charge in [0, 0.05) is 0 Å². The summed E-state index contributed by atoms with van der Waals surface area (Å²) in [5.41, 5.74) is 0.807. The minimum atomic E-state index is -1.16. The summed E-state index contributed by atoms with van der Waals surface area (Å²) in [5.74, 6) is -1.81. The Bertz CT molecular complexity index is 637. The van der Waals surface area contributed by atoms with Crippen molar-refractivity contribution in [1.29, 1.82) is 0 Å². The van der Waals surface area contributed by atoms with Crippen LogP contribution in [-0.4, -0.2) is 23.3 Å². The fraction of sp³-hybridized carbons (Fsp3) is 0.0714. The monoisotopic (exact) mass is 262 g/mol. The van der Waals surface area contributed by atoms with Gasteiger partial charge in [-0.3, -0.25) is 0 Å². The van der Waals surface area contributed by atoms with Gasteiger partial charge < -0.3 is 14.9 Å². The maximum Gasteiger partial charge on any atom is 0.335 e. The highest BCUT2D eigenvalue weighted by molar-refractivity contribution is 5.90. The van der Waals surface area contributed by atoms with Crippen LogP contribution in [0.1, 0.15) is 10.4 Å². The third kappa shape index (κ3) is 2.65. The molecule has 2 N–H and O–H groups in total. The first-order chi connectivity index (χ1) is 9.01. The number of carboxylic acid groups (broad SMARTS) is 1. The molecule has 2 aromatic carbocycles. The second-order valence-corrected chi connectivity index (χ2v) is 3.92. The van der Waals surface area contributed by atoms with Crippen molar-refractivity contribution in [3.63, 3.8) is 0 Å². The summed E-state index contributed by atoms with van der Waals surface area (Å²) < 4.78 is 18.4. The minimum Gasteiger partial charge on any atom is -0.508 e. The Balaban J connectivity index is 2.52. The topological polar surface area (TPSA) is 66.8 Å². The SMILES string of the molecule is COc1ccc(-c2cc(O)cc(C(=O)O)c2)cc1F. The quantitative estimate of drug-likeness (QED) is 0.892. The van der Waals surface area contributed by atoms with Crippen molar-refractivity contribution in [3.05, 3.63) is 47.8 Å². The van der Waals surface area contributed by atoms with Crippen LogP contribution in [0.2, 0.25) is 0 Å². The van der Waals surface area contributed by atoms with Crippen molar-refractivity contribution >= 4 is 5.97 Å². The van der Waals surface area contributed by atoms with Crippen molar-refractivity contribution in [2.75, 3.05) is 7.11 Å². The summed E-state index contributed by atoms with van der Waals surface area (Å²) in [5, 5.41) is 18.4. The molecule has 0 bridgehead atoms. The molecule has 2 aromatic rings. The number of hydrogen-bond donors (Lipinski definition) is 2. The molecule has 0 aliphatic carbocycles. The predicted octanol–water partition coefficient (Wildman–Crippen LogP) is 2.91. The van der Waals surface area contributed by atoms with Gasteiger partial charge in [-0.25, -0.2) is 9.18 Å². The lowest BCUT2D eigenvalue weighted by atomic mass is 10.0. The lowest BCUT2D eigenvalue weighted by Gasteiger charge is -2.07. The van der Waals surface area contributed by atoms with Gasteiger partial charge in [0.15, 0.2) is 11.6 Å². The molecule has 5 heteroatoms. The summed E-state index contributed by atoms with van der Waals surface area (Å²) >= 11 is 0. The summed E-state index contributed by atoms with van der Waals surface area (Å²) in [4.78, 5) is 10.9. The fourth-order valence-electron chi connectivity index (χ4n) is 1.75. The van der Waals surface area contributed by atoms with Crippen LogP contribution < -0.4 is 4.74 Å². The van der Waals surface area contributed by atoms with Crippen LogP contribution in [0.4, 0.5) is 4.39 Å². The van der Waals surface area contributed by atoms with E-state index < -0.39 is 11.8 Å². The molecule has 0 radical (unpaired) electrons. The molecule has 2 rings (SSSR count). The average Bonchev–Trinajstić information content (AvgIpc) is 2.37. The number of methoxy groups -OCH3 is 1. The summed E-state index contributed by atoms with van der Waals surface area (Å²) in [6, 6.07) is 8.11. The van der Waals surface area contributed by atoms with Crippen LogP contribution in [0.5, 0.6) is 11.5 Å². The van der Waals surface area contributed by atoms with Crippen molar-refractivity contribution < 1.29 is 24.1 Å². The molecule has 0 aliphatic rings. The lowest BCUT2D eigenvalue weighted by Crippen LogP contribution is -1.96. The number of carboxylic acids is 1. The summed E-state index contributed by atoms with van der Waals surface area (Å²) in [6.45, 7) is 0. The van der Waals surface area contributed by atoms with Gasteiger partial charge in [0.25, 0.3) is 0 Å². The first kappa shape index (κ1) is 12.9. The molecule has 0 aliphatic heterocycles. The highest BCUT2D eigenvalue weighted by Crippen LogP contribution is 2.28. The molecule has 0 saturated heterocycles. The minimum absolute atomic E-state index is 0.0637. The van der Waals surface area contributed by atoms with Gasteiger partial charge in [-0.2, -0.15) is 0 Å². The first-order valence-electron chi connectivity index (χ1n) is 5.42. The Morgan fingerprint density at radius 2 is 1.89 bits per heavy atom. The molecule has 0 unspecified atom stereocenters. The molecule has 0 aromatic heterocycles. The van der Waals surface area contributed by atoms with E-state index in [1.54, 1.807) is 6.07 Å². The number of hydrogen-bond acceptors (Lipinski definition) is 3. The molecule has 0 amide bonds. The second-order valence-electron chi connectivity index (χ2n) is 3.92. The number of aromatic carboxylic acids is 1. The number of carbonyl (C=O) groups is 1. The maximum absolute atomic E-state index is 13.6. The third-order valence-electron chi connectivity index (χ3n) is 2.65. The van der Waals surface area contributed by atoms with Crippen molar-refractivity contribution in [2.24, 2.45) is 0 Å². The number of halogens is 1. The zero-order chi connectivity index (χ0) is 14.0. The highest BCUT2D eigenvalue weighted by atomic mass is 19.1. The van der Waals surface area contributed by atoms with E-state index in [1.807, 2.05) is 0 Å². The summed E-state index contributed by atoms with van der Waals surface area (Å²) in [6.07, 6.45) is 0. The zero-order valence-corrected chi connectivity index (χ0v) is 10.1. The third-order valence-corrected chi connectivity index (χ3v) is 2.65. The Morgan fingerprint density at radius 1 is 1.16 bits per heavy atom. The van der Waals surface area contributed by atoms with Gasteiger partial charge in [0.1, 0.15) is 5.75 Å². The fourth-order valence-corrected chi connectivity index (χ4v) is 1.75. The van der Waals surface area contributed by atoms with Gasteiger partial charge in [0.2, 0.25) is 0 Å². The Hall–Kier alpha value is -2.56. The number of phenolic OH excluding ortho intramolecular Hbond substituents is 1. The molecule has 0 heterocycles. The Kier molecular flexibility index (Phi) is 3.37. The molecule has 4 nitrogen and oxygen atoms in total. The van der Waals surface area contributed by atoms with Gasteiger partial charge in [0.05, 0.1) is 12.7 Å². The standard InChI is InChI=1S/C14H11FO4/c1-19-13-3-2-8(7-12(13)15)9-4-10(14(17)18)6-11(16)5-9/h2-7,16H,1H3,(H,17,18). The Labute approximate surface area is 108 Å². The average molecular weight is 262 g/mol. The van der Waals surface area contributed by atoms with E-state index in [1.165, 1.54) is 31.4 Å². The van der Waals surface area contributed by atoms with Crippen LogP contribution in [0, 0.1) is 5.82 Å². The first-order valence-corrected chi connectivity index (χ1v) is 5.42. The van der Waals surface area contributed by atoms with Gasteiger partial charge in [-0.15, -0.1) is 0 Å². The van der Waals surface area contributed by atoms with Crippen molar-refractivity contribution in [2.45, 2.75) is 0 Å². The normalized spacial score (nSPS) is 10.2. The zero-order valence-electron chi connectivity index (χ0n) is 10.1. The molecular weight excluding hydrogens is 251 g/mol. The molecule has 0 atom stereocenters. The van der Waals surface area contributed by atoms with Crippen LogP contribution in [0.25, 0.3) is 11.1 Å². The Morgan fingerprint density at radius 3 is 2.47 bits per heavy atom. The maximum atomic E-state index is 13.6. The van der Waals surface area contributed by atoms with E-state index >= 15 is 0 Å². The van der Waals surface area contributed by atoms with Crippen LogP contribution in [-0.2, 0) is 0 Å². The highest BCUT2D eigenvalue weighted by Gasteiger charge is 2.10. The molecule has 19 heavy (non-hydrogen) atoms. The van der Waals surface area contributed by atoms with Gasteiger partial charge >= 0.3 is 5.97 Å². The van der Waals surface area contributed by atoms with E-state index in [2.05, 4.69) is 0 Å². The van der Waals surface area contributed by atoms with E-state index in [-0.39, 0.29) is 17.1 Å². The molecule has 0 saturated carbocycles. The predicted molar refractivity (Wildman–Crippen MR) is 67.0 cm³/mol. The lowest BCUT2D eigenvalue weighted by molar-refractivity contribution is 0.0696. The van der Waals surface area contributed by atoms with Crippen LogP contribution in [0.3, 0.4) is 0 Å². The molecule has 98 valence electrons. The number of aromatic hydroxyl groups is 1. The van der Waals surface area contributed by atoms with Crippen LogP contribution >= 0.6 is 0 Å². The van der Waals surface area contributed by atoms with Gasteiger partial charge in [-0.05, 0) is 41.5 Å². The largest absolute Gasteiger partial charge is 0.508 e. The van der Waals surface area contributed by atoms with E-state index in [0.29, 0.717) is 11.1 Å². The number of benzene rings is 2. The second kappa shape index (κ2) is 4.97.